The highest BCUT2D eigenvalue weighted by Gasteiger charge is 2.21. The van der Waals surface area contributed by atoms with Gasteiger partial charge < -0.3 is 19.5 Å². The molecule has 0 aliphatic carbocycles. The number of esters is 1. The Labute approximate surface area is 178 Å². The van der Waals surface area contributed by atoms with Gasteiger partial charge in [0.2, 0.25) is 0 Å². The lowest BCUT2D eigenvalue weighted by Gasteiger charge is -2.17. The number of carbonyl (C=O) groups excluding carboxylic acids is 2. The van der Waals surface area contributed by atoms with Crippen molar-refractivity contribution in [2.45, 2.75) is 53.6 Å². The highest BCUT2D eigenvalue weighted by Crippen LogP contribution is 2.29. The molecule has 0 fully saturated rings. The number of rotatable bonds is 10. The molecule has 0 bridgehead atoms. The molecular weight excluding hydrogens is 382 g/mol. The molecule has 0 aliphatic heterocycles. The van der Waals surface area contributed by atoms with Gasteiger partial charge in [-0.15, -0.1) is 0 Å². The first kappa shape index (κ1) is 23.3. The van der Waals surface area contributed by atoms with Crippen LogP contribution in [0.3, 0.4) is 0 Å². The van der Waals surface area contributed by atoms with Gasteiger partial charge in [0, 0.05) is 5.69 Å². The summed E-state index contributed by atoms with van der Waals surface area (Å²) in [6.45, 7) is 10.5. The summed E-state index contributed by atoms with van der Waals surface area (Å²) in [4.78, 5) is 25.1. The van der Waals surface area contributed by atoms with Gasteiger partial charge in [-0.25, -0.2) is 4.79 Å². The molecule has 0 aromatic heterocycles. The van der Waals surface area contributed by atoms with Crippen molar-refractivity contribution in [2.75, 3.05) is 18.5 Å². The average Bonchev–Trinajstić information content (AvgIpc) is 2.73. The van der Waals surface area contributed by atoms with Crippen LogP contribution in [0, 0.1) is 13.8 Å². The minimum atomic E-state index is -0.951. The normalized spacial score (nSPS) is 11.5. The minimum absolute atomic E-state index is 0.302. The van der Waals surface area contributed by atoms with Crippen LogP contribution in [-0.2, 0) is 9.53 Å². The Morgan fingerprint density at radius 2 is 1.53 bits per heavy atom. The fraction of sp³-hybridized carbons (Fsp3) is 0.417. The standard InChI is InChI=1S/C24H31NO5/c1-6-13-28-20-12-11-19(15-21(20)29-14-7-2)24(27)30-18(5)23(26)25-22-16(3)9-8-10-17(22)4/h8-12,15,18H,6-7,13-14H2,1-5H3,(H,25,26)/t18-/m0/s1. The van der Waals surface area contributed by atoms with Crippen molar-refractivity contribution in [3.8, 4) is 11.5 Å². The molecule has 2 aromatic carbocycles. The van der Waals surface area contributed by atoms with Crippen LogP contribution in [0.5, 0.6) is 11.5 Å². The van der Waals surface area contributed by atoms with E-state index in [0.717, 1.165) is 29.7 Å². The van der Waals surface area contributed by atoms with E-state index in [9.17, 15) is 9.59 Å². The van der Waals surface area contributed by atoms with Gasteiger partial charge in [-0.3, -0.25) is 4.79 Å². The van der Waals surface area contributed by atoms with Gasteiger partial charge in [0.1, 0.15) is 0 Å². The Hall–Kier alpha value is -3.02. The summed E-state index contributed by atoms with van der Waals surface area (Å²) < 4.78 is 16.8. The Morgan fingerprint density at radius 3 is 2.13 bits per heavy atom. The van der Waals surface area contributed by atoms with Crippen LogP contribution in [0.1, 0.15) is 55.1 Å². The van der Waals surface area contributed by atoms with E-state index in [1.54, 1.807) is 25.1 Å². The molecular formula is C24H31NO5. The second-order valence-electron chi connectivity index (χ2n) is 7.16. The number of amides is 1. The highest BCUT2D eigenvalue weighted by atomic mass is 16.5. The van der Waals surface area contributed by atoms with E-state index in [-0.39, 0.29) is 5.91 Å². The van der Waals surface area contributed by atoms with Crippen molar-refractivity contribution in [3.63, 3.8) is 0 Å². The summed E-state index contributed by atoms with van der Waals surface area (Å²) in [6, 6.07) is 10.7. The predicted octanol–water partition coefficient (Wildman–Crippen LogP) is 5.07. The highest BCUT2D eigenvalue weighted by molar-refractivity contribution is 5.98. The van der Waals surface area contributed by atoms with E-state index < -0.39 is 12.1 Å². The summed E-state index contributed by atoms with van der Waals surface area (Å²) in [5.41, 5.74) is 2.93. The first-order chi connectivity index (χ1) is 14.4. The van der Waals surface area contributed by atoms with E-state index in [4.69, 9.17) is 14.2 Å². The van der Waals surface area contributed by atoms with Crippen molar-refractivity contribution in [1.82, 2.24) is 0 Å². The van der Waals surface area contributed by atoms with Crippen molar-refractivity contribution >= 4 is 17.6 Å². The monoisotopic (exact) mass is 413 g/mol. The molecule has 2 rings (SSSR count). The predicted molar refractivity (Wildman–Crippen MR) is 117 cm³/mol. The second kappa shape index (κ2) is 11.2. The maximum atomic E-state index is 12.6. The Bertz CT molecular complexity index is 858. The van der Waals surface area contributed by atoms with Crippen LogP contribution in [0.25, 0.3) is 0 Å². The van der Waals surface area contributed by atoms with Gasteiger partial charge in [-0.2, -0.15) is 0 Å². The summed E-state index contributed by atoms with van der Waals surface area (Å²) in [7, 11) is 0. The lowest BCUT2D eigenvalue weighted by Crippen LogP contribution is -2.30. The van der Waals surface area contributed by atoms with Gasteiger partial charge in [-0.1, -0.05) is 32.0 Å². The summed E-state index contributed by atoms with van der Waals surface area (Å²) in [5.74, 6) is 0.101. The molecule has 162 valence electrons. The SMILES string of the molecule is CCCOc1ccc(C(=O)O[C@@H](C)C(=O)Nc2c(C)cccc2C)cc1OCCC. The molecule has 1 N–H and O–H groups in total. The van der Waals surface area contributed by atoms with Crippen LogP contribution in [0.4, 0.5) is 5.69 Å². The first-order valence-electron chi connectivity index (χ1n) is 10.3. The van der Waals surface area contributed by atoms with Crippen LogP contribution in [-0.4, -0.2) is 31.2 Å². The number of carbonyl (C=O) groups is 2. The smallest absolute Gasteiger partial charge is 0.339 e. The number of ether oxygens (including phenoxy) is 3. The molecule has 0 heterocycles. The molecule has 6 heteroatoms. The summed E-state index contributed by atoms with van der Waals surface area (Å²) in [6.07, 6.45) is 0.744. The lowest BCUT2D eigenvalue weighted by molar-refractivity contribution is -0.123. The largest absolute Gasteiger partial charge is 0.490 e. The van der Waals surface area contributed by atoms with Crippen LogP contribution < -0.4 is 14.8 Å². The molecule has 30 heavy (non-hydrogen) atoms. The van der Waals surface area contributed by atoms with Crippen molar-refractivity contribution in [1.29, 1.82) is 0 Å². The fourth-order valence-corrected chi connectivity index (χ4v) is 2.81. The molecule has 0 spiro atoms. The van der Waals surface area contributed by atoms with Gasteiger partial charge in [-0.05, 0) is 62.9 Å². The Morgan fingerprint density at radius 1 is 0.933 bits per heavy atom. The molecule has 6 nitrogen and oxygen atoms in total. The molecule has 1 amide bonds. The number of para-hydroxylation sites is 1. The molecule has 1 atom stereocenters. The minimum Gasteiger partial charge on any atom is -0.490 e. The topological polar surface area (TPSA) is 73.9 Å². The molecule has 0 saturated carbocycles. The first-order valence-corrected chi connectivity index (χ1v) is 10.3. The van der Waals surface area contributed by atoms with E-state index in [1.807, 2.05) is 45.9 Å². The maximum absolute atomic E-state index is 12.6. The number of hydrogen-bond donors (Lipinski definition) is 1. The molecule has 0 radical (unpaired) electrons. The zero-order valence-electron chi connectivity index (χ0n) is 18.4. The third-order valence-corrected chi connectivity index (χ3v) is 4.49. The third kappa shape index (κ3) is 6.24. The van der Waals surface area contributed by atoms with Gasteiger partial charge in [0.05, 0.1) is 18.8 Å². The van der Waals surface area contributed by atoms with Crippen molar-refractivity contribution in [2.24, 2.45) is 0 Å². The number of anilines is 1. The zero-order chi connectivity index (χ0) is 22.1. The number of aryl methyl sites for hydroxylation is 2. The number of benzene rings is 2. The third-order valence-electron chi connectivity index (χ3n) is 4.49. The lowest BCUT2D eigenvalue weighted by atomic mass is 10.1. The van der Waals surface area contributed by atoms with Gasteiger partial charge in [0.15, 0.2) is 17.6 Å². The molecule has 0 unspecified atom stereocenters. The van der Waals surface area contributed by atoms with E-state index in [0.29, 0.717) is 30.3 Å². The van der Waals surface area contributed by atoms with Crippen molar-refractivity contribution in [3.05, 3.63) is 53.1 Å². The fourth-order valence-electron chi connectivity index (χ4n) is 2.81. The average molecular weight is 414 g/mol. The Balaban J connectivity index is 2.09. The van der Waals surface area contributed by atoms with E-state index in [1.165, 1.54) is 0 Å². The molecule has 2 aromatic rings. The quantitative estimate of drug-likeness (QED) is 0.551. The van der Waals surface area contributed by atoms with Gasteiger partial charge in [0.25, 0.3) is 5.91 Å². The second-order valence-corrected chi connectivity index (χ2v) is 7.16. The maximum Gasteiger partial charge on any atom is 0.339 e. The van der Waals surface area contributed by atoms with E-state index in [2.05, 4.69) is 5.32 Å². The Kier molecular flexibility index (Phi) is 8.71. The summed E-state index contributed by atoms with van der Waals surface area (Å²) in [5, 5.41) is 2.85. The zero-order valence-corrected chi connectivity index (χ0v) is 18.4. The number of hydrogen-bond acceptors (Lipinski definition) is 5. The van der Waals surface area contributed by atoms with Crippen LogP contribution >= 0.6 is 0 Å². The van der Waals surface area contributed by atoms with E-state index >= 15 is 0 Å². The van der Waals surface area contributed by atoms with Crippen molar-refractivity contribution < 1.29 is 23.8 Å². The van der Waals surface area contributed by atoms with Gasteiger partial charge >= 0.3 is 5.97 Å². The number of nitrogens with one attached hydrogen (secondary N) is 1. The summed E-state index contributed by atoms with van der Waals surface area (Å²) >= 11 is 0. The van der Waals surface area contributed by atoms with Crippen LogP contribution in [0.2, 0.25) is 0 Å². The molecule has 0 saturated heterocycles. The molecule has 0 aliphatic rings. The van der Waals surface area contributed by atoms with Crippen LogP contribution in [0.15, 0.2) is 36.4 Å².